The van der Waals surface area contributed by atoms with Gasteiger partial charge >= 0.3 is 5.97 Å². The maximum absolute atomic E-state index is 11.4. The number of aliphatic hydroxyl groups excluding tert-OH is 1. The first kappa shape index (κ1) is 12.8. The second kappa shape index (κ2) is 5.77. The van der Waals surface area contributed by atoms with Crippen molar-refractivity contribution in [2.45, 2.75) is 31.7 Å². The third-order valence-electron chi connectivity index (χ3n) is 3.10. The van der Waals surface area contributed by atoms with Crippen molar-refractivity contribution in [2.75, 3.05) is 19.0 Å². The van der Waals surface area contributed by atoms with Crippen LogP contribution in [0.5, 0.6) is 0 Å². The highest BCUT2D eigenvalue weighted by Crippen LogP contribution is 2.24. The van der Waals surface area contributed by atoms with Crippen molar-refractivity contribution >= 4 is 11.8 Å². The summed E-state index contributed by atoms with van der Waals surface area (Å²) in [6.07, 6.45) is 5.55. The molecule has 98 valence electrons. The molecule has 0 aromatic carbocycles. The van der Waals surface area contributed by atoms with Crippen molar-refractivity contribution in [1.82, 2.24) is 9.97 Å². The molecule has 6 heteroatoms. The number of nitrogens with zero attached hydrogens (tertiary/aromatic N) is 2. The Morgan fingerprint density at radius 1 is 1.50 bits per heavy atom. The average molecular weight is 251 g/mol. The second-order valence-electron chi connectivity index (χ2n) is 4.26. The van der Waals surface area contributed by atoms with E-state index in [1.54, 1.807) is 0 Å². The number of esters is 1. The molecule has 1 aliphatic rings. The minimum absolute atomic E-state index is 0.328. The summed E-state index contributed by atoms with van der Waals surface area (Å²) in [6.45, 7) is -0.328. The average Bonchev–Trinajstić information content (AvgIpc) is 2.44. The fraction of sp³-hybridized carbons (Fsp3) is 0.583. The van der Waals surface area contributed by atoms with Gasteiger partial charge in [-0.25, -0.2) is 14.8 Å². The van der Waals surface area contributed by atoms with Crippen LogP contribution in [0.15, 0.2) is 6.33 Å². The molecule has 1 aliphatic carbocycles. The maximum Gasteiger partial charge on any atom is 0.330 e. The van der Waals surface area contributed by atoms with Crippen LogP contribution in [0.1, 0.15) is 24.1 Å². The van der Waals surface area contributed by atoms with E-state index >= 15 is 0 Å². The predicted molar refractivity (Wildman–Crippen MR) is 65.2 cm³/mol. The Balaban J connectivity index is 2.20. The molecule has 1 unspecified atom stereocenters. The lowest BCUT2D eigenvalue weighted by molar-refractivity contribution is -0.142. The third-order valence-corrected chi connectivity index (χ3v) is 3.10. The molecule has 0 saturated carbocycles. The molecule has 0 fully saturated rings. The van der Waals surface area contributed by atoms with Crippen molar-refractivity contribution in [1.29, 1.82) is 0 Å². The molecule has 2 rings (SSSR count). The summed E-state index contributed by atoms with van der Waals surface area (Å²) < 4.78 is 4.61. The van der Waals surface area contributed by atoms with Gasteiger partial charge in [-0.1, -0.05) is 0 Å². The molecule has 6 nitrogen and oxygen atoms in total. The highest BCUT2D eigenvalue weighted by atomic mass is 16.5. The molecule has 18 heavy (non-hydrogen) atoms. The van der Waals surface area contributed by atoms with E-state index in [1.165, 1.54) is 13.4 Å². The Morgan fingerprint density at radius 2 is 2.28 bits per heavy atom. The standard InChI is InChI=1S/C12H17N3O3/c1-18-12(17)10(6-16)15-11-8-4-2-3-5-9(8)13-7-14-11/h7,10,16H,2-6H2,1H3,(H,13,14,15). The van der Waals surface area contributed by atoms with Gasteiger partial charge in [0.2, 0.25) is 0 Å². The van der Waals surface area contributed by atoms with Crippen LogP contribution in [0, 0.1) is 0 Å². The minimum atomic E-state index is -0.782. The Hall–Kier alpha value is -1.69. The summed E-state index contributed by atoms with van der Waals surface area (Å²) in [4.78, 5) is 19.8. The van der Waals surface area contributed by atoms with E-state index < -0.39 is 12.0 Å². The van der Waals surface area contributed by atoms with Gasteiger partial charge in [-0.05, 0) is 25.7 Å². The molecule has 0 saturated heterocycles. The van der Waals surface area contributed by atoms with Gasteiger partial charge in [0.05, 0.1) is 13.7 Å². The Morgan fingerprint density at radius 3 is 3.00 bits per heavy atom. The highest BCUT2D eigenvalue weighted by molar-refractivity contribution is 5.79. The number of hydrogen-bond acceptors (Lipinski definition) is 6. The van der Waals surface area contributed by atoms with E-state index in [0.717, 1.165) is 36.9 Å². The van der Waals surface area contributed by atoms with Crippen molar-refractivity contribution in [2.24, 2.45) is 0 Å². The minimum Gasteiger partial charge on any atom is -0.467 e. The van der Waals surface area contributed by atoms with Crippen LogP contribution < -0.4 is 5.32 Å². The predicted octanol–water partition coefficient (Wildman–Crippen LogP) is 0.301. The number of carbonyl (C=O) groups is 1. The number of aliphatic hydroxyl groups is 1. The molecule has 1 aromatic rings. The van der Waals surface area contributed by atoms with Crippen molar-refractivity contribution in [3.05, 3.63) is 17.6 Å². The number of hydrogen-bond donors (Lipinski definition) is 2. The fourth-order valence-corrected chi connectivity index (χ4v) is 2.13. The van der Waals surface area contributed by atoms with Crippen LogP contribution in [-0.2, 0) is 22.4 Å². The van der Waals surface area contributed by atoms with Gasteiger partial charge in [0.15, 0.2) is 0 Å². The number of aryl methyl sites for hydroxylation is 1. The van der Waals surface area contributed by atoms with E-state index in [9.17, 15) is 9.90 Å². The molecule has 0 spiro atoms. The molecule has 1 heterocycles. The first-order chi connectivity index (χ1) is 8.76. The normalized spacial score (nSPS) is 15.7. The molecular formula is C12H17N3O3. The molecule has 0 amide bonds. The number of rotatable bonds is 4. The van der Waals surface area contributed by atoms with E-state index in [2.05, 4.69) is 20.0 Å². The van der Waals surface area contributed by atoms with Gasteiger partial charge < -0.3 is 15.2 Å². The van der Waals surface area contributed by atoms with E-state index in [4.69, 9.17) is 0 Å². The van der Waals surface area contributed by atoms with E-state index in [-0.39, 0.29) is 6.61 Å². The number of methoxy groups -OCH3 is 1. The van der Waals surface area contributed by atoms with Crippen LogP contribution >= 0.6 is 0 Å². The lowest BCUT2D eigenvalue weighted by Gasteiger charge is -2.20. The Labute approximate surface area is 105 Å². The number of carbonyl (C=O) groups excluding carboxylic acids is 1. The molecule has 1 atom stereocenters. The second-order valence-corrected chi connectivity index (χ2v) is 4.26. The zero-order chi connectivity index (χ0) is 13.0. The van der Waals surface area contributed by atoms with Gasteiger partial charge in [-0.15, -0.1) is 0 Å². The van der Waals surface area contributed by atoms with Crippen LogP contribution in [0.4, 0.5) is 5.82 Å². The van der Waals surface area contributed by atoms with E-state index in [0.29, 0.717) is 5.82 Å². The first-order valence-corrected chi connectivity index (χ1v) is 6.04. The van der Waals surface area contributed by atoms with Crippen LogP contribution in [0.3, 0.4) is 0 Å². The smallest absolute Gasteiger partial charge is 0.330 e. The quantitative estimate of drug-likeness (QED) is 0.749. The summed E-state index contributed by atoms with van der Waals surface area (Å²) in [5, 5.41) is 12.1. The SMILES string of the molecule is COC(=O)C(CO)Nc1ncnc2c1CCCC2. The van der Waals surface area contributed by atoms with Crippen molar-refractivity contribution < 1.29 is 14.6 Å². The lowest BCUT2D eigenvalue weighted by atomic mass is 9.96. The number of ether oxygens (including phenoxy) is 1. The van der Waals surface area contributed by atoms with Crippen molar-refractivity contribution in [3.63, 3.8) is 0 Å². The first-order valence-electron chi connectivity index (χ1n) is 6.04. The molecule has 0 aliphatic heterocycles. The van der Waals surface area contributed by atoms with Gasteiger partial charge in [0.1, 0.15) is 18.2 Å². The molecule has 0 bridgehead atoms. The number of fused-ring (bicyclic) bond motifs is 1. The number of anilines is 1. The van der Waals surface area contributed by atoms with Gasteiger partial charge in [-0.3, -0.25) is 0 Å². The molecule has 0 radical (unpaired) electrons. The maximum atomic E-state index is 11.4. The summed E-state index contributed by atoms with van der Waals surface area (Å²) in [6, 6.07) is -0.782. The Kier molecular flexibility index (Phi) is 4.09. The molecular weight excluding hydrogens is 234 g/mol. The van der Waals surface area contributed by atoms with Crippen molar-refractivity contribution in [3.8, 4) is 0 Å². The Bertz CT molecular complexity index is 437. The van der Waals surface area contributed by atoms with Gasteiger partial charge in [0.25, 0.3) is 0 Å². The summed E-state index contributed by atoms with van der Waals surface area (Å²) in [7, 11) is 1.29. The zero-order valence-electron chi connectivity index (χ0n) is 10.3. The van der Waals surface area contributed by atoms with Gasteiger partial charge in [-0.2, -0.15) is 0 Å². The topological polar surface area (TPSA) is 84.3 Å². The number of nitrogens with one attached hydrogen (secondary N) is 1. The van der Waals surface area contributed by atoms with Gasteiger partial charge in [0, 0.05) is 11.3 Å². The van der Waals surface area contributed by atoms with Crippen LogP contribution in [0.25, 0.3) is 0 Å². The van der Waals surface area contributed by atoms with Crippen LogP contribution in [0.2, 0.25) is 0 Å². The highest BCUT2D eigenvalue weighted by Gasteiger charge is 2.22. The fourth-order valence-electron chi connectivity index (χ4n) is 2.13. The summed E-state index contributed by atoms with van der Waals surface area (Å²) >= 11 is 0. The molecule has 2 N–H and O–H groups in total. The molecule has 1 aromatic heterocycles. The summed E-state index contributed by atoms with van der Waals surface area (Å²) in [5.74, 6) is 0.129. The largest absolute Gasteiger partial charge is 0.467 e. The number of aromatic nitrogens is 2. The monoisotopic (exact) mass is 251 g/mol. The van der Waals surface area contributed by atoms with E-state index in [1.807, 2.05) is 0 Å². The summed E-state index contributed by atoms with van der Waals surface area (Å²) in [5.41, 5.74) is 2.08. The third kappa shape index (κ3) is 2.59. The zero-order valence-corrected chi connectivity index (χ0v) is 10.3. The lowest BCUT2D eigenvalue weighted by Crippen LogP contribution is -2.35. The van der Waals surface area contributed by atoms with Crippen LogP contribution in [-0.4, -0.2) is 40.8 Å².